The van der Waals surface area contributed by atoms with E-state index in [0.717, 1.165) is 13.1 Å². The Hall–Kier alpha value is -0.640. The Kier molecular flexibility index (Phi) is 3.95. The quantitative estimate of drug-likeness (QED) is 0.600. The van der Waals surface area contributed by atoms with Gasteiger partial charge in [0.25, 0.3) is 0 Å². The number of halogens is 1. The lowest BCUT2D eigenvalue weighted by Gasteiger charge is -2.09. The van der Waals surface area contributed by atoms with Crippen LogP contribution in [0.5, 0.6) is 0 Å². The van der Waals surface area contributed by atoms with E-state index in [4.69, 9.17) is 5.73 Å². The Labute approximate surface area is 61.0 Å². The molecular formula is C6H15FN2O. The molecule has 62 valence electrons. The van der Waals surface area contributed by atoms with Gasteiger partial charge in [0.05, 0.1) is 6.54 Å². The summed E-state index contributed by atoms with van der Waals surface area (Å²) in [6.45, 7) is 2.53. The Morgan fingerprint density at radius 2 is 2.00 bits per heavy atom. The summed E-state index contributed by atoms with van der Waals surface area (Å²) >= 11 is 0. The number of nitrogens with zero attached hydrogens (tertiary/aromatic N) is 1. The molecule has 0 saturated carbocycles. The van der Waals surface area contributed by atoms with Gasteiger partial charge < -0.3 is 5.73 Å². The minimum atomic E-state index is -0.211. The number of likely N-dealkylation sites (tertiary alicyclic amines) is 1. The van der Waals surface area contributed by atoms with Crippen molar-refractivity contribution in [2.75, 3.05) is 19.6 Å². The van der Waals surface area contributed by atoms with Crippen LogP contribution in [0.25, 0.3) is 0 Å². The van der Waals surface area contributed by atoms with Crippen LogP contribution in [-0.4, -0.2) is 30.4 Å². The summed E-state index contributed by atoms with van der Waals surface area (Å²) in [6, 6.07) is 0. The molecule has 0 spiro atoms. The molecule has 0 atom stereocenters. The van der Waals surface area contributed by atoms with Crippen LogP contribution < -0.4 is 5.73 Å². The second-order valence-corrected chi connectivity index (χ2v) is 2.45. The molecule has 1 heterocycles. The molecule has 0 bridgehead atoms. The van der Waals surface area contributed by atoms with Crippen molar-refractivity contribution in [1.29, 1.82) is 0 Å². The number of carbonyl (C=O) groups is 1. The first-order valence-corrected chi connectivity index (χ1v) is 3.30. The molecule has 0 aromatic carbocycles. The molecule has 4 heteroatoms. The molecule has 0 unspecified atom stereocenters. The van der Waals surface area contributed by atoms with E-state index in [1.54, 1.807) is 0 Å². The molecule has 3 nitrogen and oxygen atoms in total. The molecule has 2 N–H and O–H groups in total. The standard InChI is InChI=1S/C6H12N2O.FH.H2/c7-6(9)5-8-3-1-2-4-8;;/h1-5H2,(H2,7,9);2*1H. The molecule has 0 aromatic rings. The Balaban J connectivity index is 0. The Morgan fingerprint density at radius 1 is 1.50 bits per heavy atom. The number of carbonyl (C=O) groups excluding carboxylic acids is 1. The zero-order valence-corrected chi connectivity index (χ0v) is 5.88. The van der Waals surface area contributed by atoms with Crippen LogP contribution in [0.1, 0.15) is 14.3 Å². The van der Waals surface area contributed by atoms with E-state index in [1.807, 2.05) is 0 Å². The average Bonchev–Trinajstić information content (AvgIpc) is 2.15. The molecule has 1 fully saturated rings. The number of hydrogen-bond acceptors (Lipinski definition) is 2. The summed E-state index contributed by atoms with van der Waals surface area (Å²) in [7, 11) is 0. The van der Waals surface area contributed by atoms with Crippen molar-refractivity contribution in [3.05, 3.63) is 0 Å². The van der Waals surface area contributed by atoms with Crippen molar-refractivity contribution in [2.45, 2.75) is 12.8 Å². The van der Waals surface area contributed by atoms with Crippen LogP contribution in [-0.2, 0) is 4.79 Å². The first kappa shape index (κ1) is 9.36. The number of rotatable bonds is 2. The van der Waals surface area contributed by atoms with Gasteiger partial charge in [-0.15, -0.1) is 0 Å². The Morgan fingerprint density at radius 3 is 2.40 bits per heavy atom. The highest BCUT2D eigenvalue weighted by molar-refractivity contribution is 5.75. The second-order valence-electron chi connectivity index (χ2n) is 2.45. The SMILES string of the molecule is F.NC(=O)CN1CCCC1.[HH]. The monoisotopic (exact) mass is 150 g/mol. The molecule has 0 radical (unpaired) electrons. The van der Waals surface area contributed by atoms with Gasteiger partial charge in [-0.2, -0.15) is 0 Å². The average molecular weight is 150 g/mol. The number of primary amides is 1. The predicted molar refractivity (Wildman–Crippen MR) is 39.5 cm³/mol. The maximum atomic E-state index is 10.3. The maximum absolute atomic E-state index is 10.3. The highest BCUT2D eigenvalue weighted by Gasteiger charge is 2.12. The normalized spacial score (nSPS) is 18.4. The van der Waals surface area contributed by atoms with Gasteiger partial charge in [-0.1, -0.05) is 0 Å². The van der Waals surface area contributed by atoms with Gasteiger partial charge in [0.15, 0.2) is 0 Å². The summed E-state index contributed by atoms with van der Waals surface area (Å²) < 4.78 is 0. The summed E-state index contributed by atoms with van der Waals surface area (Å²) in [4.78, 5) is 12.4. The van der Waals surface area contributed by atoms with Crippen molar-refractivity contribution in [3.8, 4) is 0 Å². The van der Waals surface area contributed by atoms with Crippen molar-refractivity contribution in [1.82, 2.24) is 4.90 Å². The van der Waals surface area contributed by atoms with Crippen LogP contribution >= 0.6 is 0 Å². The highest BCUT2D eigenvalue weighted by Crippen LogP contribution is 2.05. The summed E-state index contributed by atoms with van der Waals surface area (Å²) in [5.74, 6) is -0.211. The van der Waals surface area contributed by atoms with Crippen molar-refractivity contribution in [2.24, 2.45) is 5.73 Å². The minimum Gasteiger partial charge on any atom is -0.369 e. The highest BCUT2D eigenvalue weighted by atomic mass is 19.0. The third-order valence-corrected chi connectivity index (χ3v) is 1.58. The van der Waals surface area contributed by atoms with Gasteiger partial charge >= 0.3 is 0 Å². The fourth-order valence-electron chi connectivity index (χ4n) is 1.16. The van der Waals surface area contributed by atoms with Gasteiger partial charge in [0, 0.05) is 1.43 Å². The van der Waals surface area contributed by atoms with Crippen LogP contribution in [0.4, 0.5) is 4.70 Å². The number of amides is 1. The maximum Gasteiger partial charge on any atom is 0.231 e. The largest absolute Gasteiger partial charge is 0.369 e. The van der Waals surface area contributed by atoms with E-state index < -0.39 is 0 Å². The van der Waals surface area contributed by atoms with E-state index in [1.165, 1.54) is 12.8 Å². The molecule has 0 aliphatic carbocycles. The van der Waals surface area contributed by atoms with Gasteiger partial charge in [-0.25, -0.2) is 0 Å². The van der Waals surface area contributed by atoms with Gasteiger partial charge in [0.1, 0.15) is 0 Å². The lowest BCUT2D eigenvalue weighted by atomic mass is 10.4. The molecule has 1 aliphatic heterocycles. The molecule has 10 heavy (non-hydrogen) atoms. The number of hydrogen-bond donors (Lipinski definition) is 1. The summed E-state index contributed by atoms with van der Waals surface area (Å²) in [5.41, 5.74) is 4.99. The first-order chi connectivity index (χ1) is 4.29. The van der Waals surface area contributed by atoms with E-state index in [-0.39, 0.29) is 12.0 Å². The summed E-state index contributed by atoms with van der Waals surface area (Å²) in [5, 5.41) is 0. The lowest BCUT2D eigenvalue weighted by molar-refractivity contribution is -0.118. The third kappa shape index (κ3) is 2.77. The van der Waals surface area contributed by atoms with E-state index in [9.17, 15) is 4.79 Å². The van der Waals surface area contributed by atoms with Crippen LogP contribution in [0.2, 0.25) is 0 Å². The molecule has 1 saturated heterocycles. The first-order valence-electron chi connectivity index (χ1n) is 3.30. The minimum absolute atomic E-state index is 0. The predicted octanol–water partition coefficient (Wildman–Crippen LogP) is -0.0340. The molecule has 1 rings (SSSR count). The van der Waals surface area contributed by atoms with Crippen LogP contribution in [0.3, 0.4) is 0 Å². The molecule has 1 amide bonds. The van der Waals surface area contributed by atoms with Gasteiger partial charge in [-0.05, 0) is 25.9 Å². The smallest absolute Gasteiger partial charge is 0.231 e. The van der Waals surface area contributed by atoms with Crippen LogP contribution in [0.15, 0.2) is 0 Å². The van der Waals surface area contributed by atoms with Crippen molar-refractivity contribution < 1.29 is 10.9 Å². The Bertz CT molecular complexity index is 117. The van der Waals surface area contributed by atoms with E-state index >= 15 is 0 Å². The van der Waals surface area contributed by atoms with Crippen LogP contribution in [0, 0.1) is 0 Å². The fraction of sp³-hybridized carbons (Fsp3) is 0.833. The lowest BCUT2D eigenvalue weighted by Crippen LogP contribution is -2.31. The van der Waals surface area contributed by atoms with E-state index in [2.05, 4.69) is 4.90 Å². The fourth-order valence-corrected chi connectivity index (χ4v) is 1.16. The second kappa shape index (κ2) is 4.22. The topological polar surface area (TPSA) is 46.3 Å². The van der Waals surface area contributed by atoms with Gasteiger partial charge in [-0.3, -0.25) is 14.4 Å². The van der Waals surface area contributed by atoms with Gasteiger partial charge in [0.2, 0.25) is 5.91 Å². The van der Waals surface area contributed by atoms with Crippen molar-refractivity contribution in [3.63, 3.8) is 0 Å². The van der Waals surface area contributed by atoms with Crippen molar-refractivity contribution >= 4 is 5.91 Å². The third-order valence-electron chi connectivity index (χ3n) is 1.58. The number of nitrogens with two attached hydrogens (primary N) is 1. The zero-order chi connectivity index (χ0) is 6.69. The van der Waals surface area contributed by atoms with E-state index in [0.29, 0.717) is 6.54 Å². The summed E-state index contributed by atoms with van der Waals surface area (Å²) in [6.07, 6.45) is 2.43. The molecule has 1 aliphatic rings. The zero-order valence-electron chi connectivity index (χ0n) is 5.88. The molecular weight excluding hydrogens is 135 g/mol. The molecule has 0 aromatic heterocycles.